The molecule has 16 atom stereocenters. The number of aliphatic hydroxyl groups is 5. The van der Waals surface area contributed by atoms with Crippen molar-refractivity contribution in [2.75, 3.05) is 40.1 Å². The zero-order chi connectivity index (χ0) is 80.5. The van der Waals surface area contributed by atoms with Gasteiger partial charge in [0.2, 0.25) is 5.78 Å². The number of esters is 1. The van der Waals surface area contributed by atoms with Crippen LogP contribution in [0.25, 0.3) is 0 Å². The van der Waals surface area contributed by atoms with Gasteiger partial charge in [0.1, 0.15) is 6.29 Å². The Kier molecular flexibility index (Phi) is 28.0. The van der Waals surface area contributed by atoms with Crippen LogP contribution < -0.4 is 18.9 Å². The molecule has 1 aromatic carbocycles. The molecule has 12 aliphatic carbocycles. The normalized spacial score (nSPS) is 39.9. The van der Waals surface area contributed by atoms with E-state index in [1.807, 2.05) is 47.6 Å². The molecular weight excluding hydrogens is 1390 g/mol. The Hall–Kier alpha value is -4.54. The zero-order valence-corrected chi connectivity index (χ0v) is 71.4. The Morgan fingerprint density at radius 2 is 1.15 bits per heavy atom. The summed E-state index contributed by atoms with van der Waals surface area (Å²) in [6, 6.07) is 1.85. The molecule has 0 unspecified atom stereocenters. The van der Waals surface area contributed by atoms with Crippen LogP contribution in [0.4, 0.5) is 0 Å². The molecule has 0 bridgehead atoms. The molecule has 1 saturated heterocycles. The summed E-state index contributed by atoms with van der Waals surface area (Å²) in [5.74, 6) is 0.800. The first-order valence-corrected chi connectivity index (χ1v) is 41.2. The predicted octanol–water partition coefficient (Wildman–Crippen LogP) is 17.4. The molecule has 0 radical (unpaired) electrons. The molecule has 1 heterocycles. The predicted molar refractivity (Wildman–Crippen MR) is 445 cm³/mol. The van der Waals surface area contributed by atoms with Gasteiger partial charge in [-0.2, -0.15) is 0 Å². The molecule has 14 rings (SSSR count). The Morgan fingerprint density at radius 1 is 0.655 bits per heavy atom. The van der Waals surface area contributed by atoms with Crippen LogP contribution in [0.1, 0.15) is 297 Å². The third kappa shape index (κ3) is 15.2. The number of allylic oxidation sites excluding steroid dienone is 16. The van der Waals surface area contributed by atoms with Crippen molar-refractivity contribution in [2.45, 2.75) is 298 Å². The van der Waals surface area contributed by atoms with Gasteiger partial charge in [0.15, 0.2) is 34.6 Å². The smallest absolute Gasteiger partial charge is 1.00 e. The van der Waals surface area contributed by atoms with E-state index in [2.05, 4.69) is 127 Å². The second-order valence-electron chi connectivity index (χ2n) is 40.5. The average molecular weight is 1530 g/mol. The summed E-state index contributed by atoms with van der Waals surface area (Å²) in [6.45, 7) is 48.6. The molecule has 16 heteroatoms. The Labute approximate surface area is 685 Å². The van der Waals surface area contributed by atoms with E-state index in [0.717, 1.165) is 163 Å². The first-order valence-electron chi connectivity index (χ1n) is 41.2. The summed E-state index contributed by atoms with van der Waals surface area (Å²) in [6.07, 6.45) is 43.7. The molecule has 1 aromatic rings. The SMILES string of the molecule is C1CCOC1.CC1=C(O)C(=O)C=C2C1=CC=C1[C@@]2(C)CC[C@@]2(C)[C@@H]3C[C@](C)(CO)CC[C@]3(C)CC[C@]12C.CCOC(=O)C(C)(C)CC[C@]1(C)CC[C@]2(C)C3=CC=C(/C(C)=C/O)/C(=C\C=O)[C@]3(C)CC[C@@]2(C)C1.CO.Cc1c(O)c(O)cc2c1CC=C1[C@@]2(C)CC[C@@]2(C)[C@@H]3C[C@](C)(CO)CC[C@]3(C)CC[C@]12C.O=O.[AlH3].[H-].[Li+]. The van der Waals surface area contributed by atoms with Crippen molar-refractivity contribution in [3.8, 4) is 11.5 Å². The van der Waals surface area contributed by atoms with Gasteiger partial charge in [0.25, 0.3) is 0 Å². The third-order valence-corrected chi connectivity index (χ3v) is 33.8. The Morgan fingerprint density at radius 3 is 1.65 bits per heavy atom. The first-order chi connectivity index (χ1) is 50.4. The van der Waals surface area contributed by atoms with Crippen molar-refractivity contribution in [1.82, 2.24) is 0 Å². The largest absolute Gasteiger partial charge is 1.00 e. The number of phenols is 2. The summed E-state index contributed by atoms with van der Waals surface area (Å²) in [5, 5.41) is 68.3. The molecule has 14 nitrogen and oxygen atoms in total. The zero-order valence-electron chi connectivity index (χ0n) is 72.4. The van der Waals surface area contributed by atoms with Gasteiger partial charge >= 0.3 is 24.8 Å². The van der Waals surface area contributed by atoms with Crippen LogP contribution >= 0.6 is 0 Å². The maximum atomic E-state index is 12.6. The van der Waals surface area contributed by atoms with E-state index in [0.29, 0.717) is 41.5 Å². The van der Waals surface area contributed by atoms with Gasteiger partial charge in [0.05, 0.1) is 18.3 Å². The van der Waals surface area contributed by atoms with Crippen molar-refractivity contribution in [1.29, 1.82) is 0 Å². The quantitative estimate of drug-likeness (QED) is 0.0231. The number of hydrogen-bond donors (Lipinski definition) is 7. The van der Waals surface area contributed by atoms with E-state index in [1.54, 1.807) is 17.7 Å². The van der Waals surface area contributed by atoms with Gasteiger partial charge in [-0.05, 0) is 330 Å². The topological polar surface area (TPSA) is 245 Å². The van der Waals surface area contributed by atoms with E-state index in [9.17, 15) is 45.0 Å². The maximum Gasteiger partial charge on any atom is 1.00 e. The van der Waals surface area contributed by atoms with Crippen LogP contribution in [-0.2, 0) is 35.7 Å². The number of benzene rings is 1. The van der Waals surface area contributed by atoms with Gasteiger partial charge < -0.3 is 46.6 Å². The number of hydrogen-bond acceptors (Lipinski definition) is 14. The summed E-state index contributed by atoms with van der Waals surface area (Å²) in [4.78, 5) is 50.7. The molecule has 9 fully saturated rings. The standard InChI is InChI=1S/C31H46O4.C29H42O3.C29H40O3.C4H8O.CH4O.Al.Li.O2.4H/c1-9-35-26(34)27(3,4)13-14-28(5)15-18-31(8)25-11-10-23(22(2)20-33)24(12-19-32)30(25,7)17-16-29(31,6)21-28;2*1-18-19-7-8-22-27(4,20(19)15-21(31)24(18)32)12-14-29(6)23-16-25(2,17-30)9-10-26(23,3)11-13-28(22,29)5;1-2-4-5-3-1;1-2;;;1-2;;;;/h10-12,19-20,33H,9,13-18,21H2,1-8H3;8,15,23,30-32H,7,9-14,16-17H2,1-6H3;7-8,15,23,30,32H,9-14,16-17H2,1-6H3;1-4H2;2H,1H3;;;;;;;/q;;;;;;+1;;;;;-1/b22-20+,24-12+;;;;;;;;;;;/t28-,29+,30+,31-;2*23-,25-,26-,27+,28-,29+;;;;;;;;;/m111........./s1. The number of carbonyl (C=O) groups excluding carboxylic acids is 3. The van der Waals surface area contributed by atoms with Crippen LogP contribution in [0.3, 0.4) is 0 Å². The van der Waals surface area contributed by atoms with E-state index in [-0.39, 0.29) is 138 Å². The summed E-state index contributed by atoms with van der Waals surface area (Å²) >= 11 is 0. The molecule has 110 heavy (non-hydrogen) atoms. The van der Waals surface area contributed by atoms with Crippen LogP contribution in [0.5, 0.6) is 11.5 Å². The number of ether oxygens (including phenoxy) is 2. The summed E-state index contributed by atoms with van der Waals surface area (Å²) in [7, 11) is 1.00. The van der Waals surface area contributed by atoms with Crippen LogP contribution in [0, 0.1) is 104 Å². The second kappa shape index (κ2) is 33.2. The van der Waals surface area contributed by atoms with Crippen molar-refractivity contribution >= 4 is 35.4 Å². The minimum absolute atomic E-state index is 0. The molecular formula is C94H144AlLiO14. The summed E-state index contributed by atoms with van der Waals surface area (Å²) in [5.41, 5.74) is 14.1. The van der Waals surface area contributed by atoms with Crippen molar-refractivity contribution in [2.24, 2.45) is 87.6 Å². The fourth-order valence-corrected chi connectivity index (χ4v) is 25.5. The Bertz CT molecular complexity index is 3940. The van der Waals surface area contributed by atoms with Gasteiger partial charge in [-0.1, -0.05) is 144 Å². The maximum absolute atomic E-state index is 12.6. The molecule has 1 aliphatic heterocycles. The number of aromatic hydroxyl groups is 2. The van der Waals surface area contributed by atoms with Crippen LogP contribution in [0.15, 0.2) is 111 Å². The first kappa shape index (κ1) is 92.6. The van der Waals surface area contributed by atoms with Crippen molar-refractivity contribution < 1.29 is 79.9 Å². The number of carbonyl (C=O) groups is 3. The molecule has 7 N–H and O–H groups in total. The Balaban J connectivity index is 0.000000243. The van der Waals surface area contributed by atoms with Gasteiger partial charge in [-0.15, -0.1) is 0 Å². The molecule has 0 amide bonds. The fourth-order valence-electron chi connectivity index (χ4n) is 25.5. The van der Waals surface area contributed by atoms with Crippen LogP contribution in [0.2, 0.25) is 0 Å². The minimum Gasteiger partial charge on any atom is -1.00 e. The van der Waals surface area contributed by atoms with E-state index in [4.69, 9.17) is 24.5 Å². The molecule has 8 saturated carbocycles. The fraction of sp³-hybridized carbons (Fsp3) is 0.713. The third-order valence-electron chi connectivity index (χ3n) is 33.8. The number of phenolic OH excluding ortho intramolecular Hbond substituents is 2. The molecule has 0 spiro atoms. The number of aliphatic hydroxyl groups excluding tert-OH is 5. The number of rotatable bonds is 9. The van der Waals surface area contributed by atoms with E-state index >= 15 is 0 Å². The molecule has 13 aliphatic rings. The number of ketones is 1. The number of aldehydes is 1. The second-order valence-corrected chi connectivity index (χ2v) is 40.5. The molecule has 0 aromatic heterocycles. The van der Waals surface area contributed by atoms with Gasteiger partial charge in [-0.3, -0.25) is 14.4 Å². The minimum atomic E-state index is -0.467. The van der Waals surface area contributed by atoms with E-state index < -0.39 is 5.41 Å². The van der Waals surface area contributed by atoms with Gasteiger partial charge in [0, 0.05) is 65.3 Å². The average Bonchev–Trinajstić information content (AvgIpc) is 0.765. The summed E-state index contributed by atoms with van der Waals surface area (Å²) < 4.78 is 10.3. The van der Waals surface area contributed by atoms with Crippen molar-refractivity contribution in [3.05, 3.63) is 137 Å². The van der Waals surface area contributed by atoms with Gasteiger partial charge in [-0.25, -0.2) is 0 Å². The van der Waals surface area contributed by atoms with Crippen molar-refractivity contribution in [3.63, 3.8) is 0 Å². The monoisotopic (exact) mass is 1530 g/mol. The number of fused-ring (bicyclic) bond motifs is 17. The molecule has 608 valence electrons. The van der Waals surface area contributed by atoms with E-state index in [1.165, 1.54) is 80.1 Å². The van der Waals surface area contributed by atoms with Crippen LogP contribution in [-0.4, -0.2) is 111 Å².